The van der Waals surface area contributed by atoms with Crippen molar-refractivity contribution >= 4 is 34.2 Å². The Morgan fingerprint density at radius 1 is 1.43 bits per heavy atom. The maximum atomic E-state index is 10.7. The van der Waals surface area contributed by atoms with Gasteiger partial charge in [0.25, 0.3) is 0 Å². The highest BCUT2D eigenvalue weighted by atomic mass is 35.5. The fourth-order valence-electron chi connectivity index (χ4n) is 1.34. The van der Waals surface area contributed by atoms with Crippen LogP contribution in [0.3, 0.4) is 0 Å². The monoisotopic (exact) mass is 210 g/mol. The van der Waals surface area contributed by atoms with Gasteiger partial charge in [-0.05, 0) is 18.2 Å². The molecule has 0 saturated heterocycles. The van der Waals surface area contributed by atoms with Gasteiger partial charge >= 0.3 is 5.97 Å². The van der Waals surface area contributed by atoms with E-state index in [1.165, 1.54) is 6.07 Å². The van der Waals surface area contributed by atoms with Crippen LogP contribution in [0.2, 0.25) is 5.02 Å². The number of nitrogen functional groups attached to an aromatic ring is 1. The molecule has 0 saturated carbocycles. The zero-order valence-electron chi connectivity index (χ0n) is 7.04. The van der Waals surface area contributed by atoms with Gasteiger partial charge in [0.05, 0.1) is 10.5 Å². The average molecular weight is 211 g/mol. The van der Waals surface area contributed by atoms with Crippen molar-refractivity contribution in [2.24, 2.45) is 0 Å². The van der Waals surface area contributed by atoms with Gasteiger partial charge < -0.3 is 15.8 Å². The fraction of sp³-hybridized carbons (Fsp3) is 0. The lowest BCUT2D eigenvalue weighted by Crippen LogP contribution is -1.94. The number of nitrogens with two attached hydrogens (primary N) is 1. The summed E-state index contributed by atoms with van der Waals surface area (Å²) in [5.41, 5.74) is 6.78. The van der Waals surface area contributed by atoms with Crippen molar-refractivity contribution in [3.8, 4) is 0 Å². The second kappa shape index (κ2) is 2.92. The molecule has 4 N–H and O–H groups in total. The summed E-state index contributed by atoms with van der Waals surface area (Å²) in [6, 6.07) is 4.75. The van der Waals surface area contributed by atoms with Crippen LogP contribution in [-0.4, -0.2) is 16.1 Å². The third kappa shape index (κ3) is 1.29. The normalized spacial score (nSPS) is 10.6. The Morgan fingerprint density at radius 2 is 2.14 bits per heavy atom. The zero-order valence-corrected chi connectivity index (χ0v) is 7.80. The average Bonchev–Trinajstić information content (AvgIpc) is 2.47. The molecule has 5 heteroatoms. The summed E-state index contributed by atoms with van der Waals surface area (Å²) in [5.74, 6) is -1.02. The summed E-state index contributed by atoms with van der Waals surface area (Å²) in [7, 11) is 0. The number of rotatable bonds is 1. The summed E-state index contributed by atoms with van der Waals surface area (Å²) in [6.45, 7) is 0. The van der Waals surface area contributed by atoms with Crippen LogP contribution in [0.15, 0.2) is 18.2 Å². The first-order chi connectivity index (χ1) is 6.58. The minimum absolute atomic E-state index is 0.104. The number of anilines is 1. The second-order valence-corrected chi connectivity index (χ2v) is 3.36. The van der Waals surface area contributed by atoms with E-state index in [2.05, 4.69) is 4.98 Å². The Kier molecular flexibility index (Phi) is 1.86. The summed E-state index contributed by atoms with van der Waals surface area (Å²) in [5, 5.41) is 9.87. The molecule has 2 aromatic rings. The molecule has 1 heterocycles. The summed E-state index contributed by atoms with van der Waals surface area (Å²) >= 11 is 5.88. The van der Waals surface area contributed by atoms with Crippen LogP contribution in [0, 0.1) is 0 Å². The van der Waals surface area contributed by atoms with E-state index in [1.54, 1.807) is 12.1 Å². The van der Waals surface area contributed by atoms with Gasteiger partial charge in [0, 0.05) is 11.1 Å². The van der Waals surface area contributed by atoms with Crippen molar-refractivity contribution < 1.29 is 9.90 Å². The lowest BCUT2D eigenvalue weighted by atomic mass is 10.2. The van der Waals surface area contributed by atoms with Gasteiger partial charge in [-0.3, -0.25) is 0 Å². The maximum absolute atomic E-state index is 10.7. The van der Waals surface area contributed by atoms with Crippen molar-refractivity contribution in [3.63, 3.8) is 0 Å². The van der Waals surface area contributed by atoms with E-state index < -0.39 is 5.97 Å². The van der Waals surface area contributed by atoms with Crippen LogP contribution >= 0.6 is 11.6 Å². The molecular formula is C9H7ClN2O2. The molecular weight excluding hydrogens is 204 g/mol. The predicted octanol–water partition coefficient (Wildman–Crippen LogP) is 2.10. The maximum Gasteiger partial charge on any atom is 0.352 e. The van der Waals surface area contributed by atoms with E-state index in [0.717, 1.165) is 0 Å². The molecule has 4 nitrogen and oxygen atoms in total. The molecule has 0 amide bonds. The highest BCUT2D eigenvalue weighted by molar-refractivity contribution is 6.35. The van der Waals surface area contributed by atoms with Crippen molar-refractivity contribution in [3.05, 3.63) is 28.9 Å². The molecule has 72 valence electrons. The highest BCUT2D eigenvalue weighted by Crippen LogP contribution is 2.26. The Balaban J connectivity index is 2.76. The Morgan fingerprint density at radius 3 is 2.79 bits per heavy atom. The van der Waals surface area contributed by atoms with Crippen LogP contribution in [0.4, 0.5) is 5.69 Å². The van der Waals surface area contributed by atoms with Gasteiger partial charge in [-0.15, -0.1) is 0 Å². The SMILES string of the molecule is Nc1cc(Cl)c2[nH]c(C(=O)O)cc2c1. The predicted molar refractivity (Wildman–Crippen MR) is 54.7 cm³/mol. The standard InChI is InChI=1S/C9H7ClN2O2/c10-6-3-5(11)1-4-2-7(9(13)14)12-8(4)6/h1-3,12H,11H2,(H,13,14). The number of aromatic amines is 1. The lowest BCUT2D eigenvalue weighted by Gasteiger charge is -1.95. The van der Waals surface area contributed by atoms with Crippen LogP contribution < -0.4 is 5.73 Å². The Labute approximate surface area is 84.3 Å². The third-order valence-electron chi connectivity index (χ3n) is 1.93. The van der Waals surface area contributed by atoms with Gasteiger partial charge in [0.2, 0.25) is 0 Å². The van der Waals surface area contributed by atoms with Crippen molar-refractivity contribution in [1.82, 2.24) is 4.98 Å². The molecule has 0 spiro atoms. The third-order valence-corrected chi connectivity index (χ3v) is 2.23. The number of carboxylic acid groups (broad SMARTS) is 1. The number of benzene rings is 1. The largest absolute Gasteiger partial charge is 0.477 e. The zero-order chi connectivity index (χ0) is 10.3. The Bertz CT molecular complexity index is 519. The van der Waals surface area contributed by atoms with Gasteiger partial charge in [0.1, 0.15) is 5.69 Å². The van der Waals surface area contributed by atoms with E-state index in [-0.39, 0.29) is 5.69 Å². The van der Waals surface area contributed by atoms with Crippen LogP contribution in [-0.2, 0) is 0 Å². The first-order valence-corrected chi connectivity index (χ1v) is 4.27. The van der Waals surface area contributed by atoms with Crippen molar-refractivity contribution in [1.29, 1.82) is 0 Å². The van der Waals surface area contributed by atoms with E-state index in [4.69, 9.17) is 22.4 Å². The van der Waals surface area contributed by atoms with Crippen LogP contribution in [0.1, 0.15) is 10.5 Å². The molecule has 0 aliphatic heterocycles. The summed E-state index contributed by atoms with van der Waals surface area (Å²) in [4.78, 5) is 13.4. The molecule has 0 aliphatic rings. The van der Waals surface area contributed by atoms with E-state index in [1.807, 2.05) is 0 Å². The number of aromatic carboxylic acids is 1. The van der Waals surface area contributed by atoms with Gasteiger partial charge in [0.15, 0.2) is 0 Å². The number of carboxylic acids is 1. The Hall–Kier alpha value is -1.68. The molecule has 14 heavy (non-hydrogen) atoms. The number of nitrogens with one attached hydrogen (secondary N) is 1. The van der Waals surface area contributed by atoms with Crippen LogP contribution in [0.5, 0.6) is 0 Å². The van der Waals surface area contributed by atoms with Gasteiger partial charge in [-0.2, -0.15) is 0 Å². The van der Waals surface area contributed by atoms with E-state index in [9.17, 15) is 4.79 Å². The number of halogens is 1. The lowest BCUT2D eigenvalue weighted by molar-refractivity contribution is 0.0691. The molecule has 2 rings (SSSR count). The molecule has 0 atom stereocenters. The van der Waals surface area contributed by atoms with Crippen molar-refractivity contribution in [2.75, 3.05) is 5.73 Å². The minimum atomic E-state index is -1.02. The number of aromatic nitrogens is 1. The quantitative estimate of drug-likeness (QED) is 0.631. The number of hydrogen-bond donors (Lipinski definition) is 3. The van der Waals surface area contributed by atoms with Gasteiger partial charge in [-0.25, -0.2) is 4.79 Å². The topological polar surface area (TPSA) is 79.1 Å². The van der Waals surface area contributed by atoms with Crippen molar-refractivity contribution in [2.45, 2.75) is 0 Å². The molecule has 0 bridgehead atoms. The number of carbonyl (C=O) groups is 1. The fourth-order valence-corrected chi connectivity index (χ4v) is 1.62. The smallest absolute Gasteiger partial charge is 0.352 e. The molecule has 1 aromatic carbocycles. The van der Waals surface area contributed by atoms with Crippen LogP contribution in [0.25, 0.3) is 10.9 Å². The van der Waals surface area contributed by atoms with Gasteiger partial charge in [-0.1, -0.05) is 11.6 Å². The number of H-pyrrole nitrogens is 1. The summed E-state index contributed by atoms with van der Waals surface area (Å²) in [6.07, 6.45) is 0. The molecule has 0 unspecified atom stereocenters. The molecule has 0 radical (unpaired) electrons. The first kappa shape index (κ1) is 8.90. The van der Waals surface area contributed by atoms with E-state index >= 15 is 0 Å². The number of fused-ring (bicyclic) bond motifs is 1. The highest BCUT2D eigenvalue weighted by Gasteiger charge is 2.09. The first-order valence-electron chi connectivity index (χ1n) is 3.89. The molecule has 0 fully saturated rings. The molecule has 0 aliphatic carbocycles. The minimum Gasteiger partial charge on any atom is -0.477 e. The van der Waals surface area contributed by atoms with E-state index in [0.29, 0.717) is 21.6 Å². The number of hydrogen-bond acceptors (Lipinski definition) is 2. The summed E-state index contributed by atoms with van der Waals surface area (Å²) < 4.78 is 0. The molecule has 1 aromatic heterocycles. The second-order valence-electron chi connectivity index (χ2n) is 2.96.